The number of hydrogen-bond donors (Lipinski definition) is 0. The van der Waals surface area contributed by atoms with E-state index in [1.165, 1.54) is 17.9 Å². The van der Waals surface area contributed by atoms with Crippen LogP contribution in [0.1, 0.15) is 43.1 Å². The number of aryl methyl sites for hydroxylation is 1. The summed E-state index contributed by atoms with van der Waals surface area (Å²) in [6, 6.07) is 6.64. The van der Waals surface area contributed by atoms with Crippen molar-refractivity contribution in [3.05, 3.63) is 66.0 Å². The Morgan fingerprint density at radius 3 is 2.85 bits per heavy atom. The first-order valence-electron chi connectivity index (χ1n) is 10.9. The average molecular weight is 348 g/mol. The molecule has 132 valence electrons. The van der Waals surface area contributed by atoms with Gasteiger partial charge in [-0.2, -0.15) is 0 Å². The first kappa shape index (κ1) is 11.8. The van der Waals surface area contributed by atoms with E-state index < -0.39 is 12.9 Å². The maximum atomic E-state index is 8.55. The van der Waals surface area contributed by atoms with Gasteiger partial charge in [0.2, 0.25) is 0 Å². The van der Waals surface area contributed by atoms with Gasteiger partial charge in [-0.25, -0.2) is 4.98 Å². The lowest BCUT2D eigenvalue weighted by atomic mass is 9.95. The molecule has 2 aromatic carbocycles. The zero-order chi connectivity index (χ0) is 21.4. The zero-order valence-electron chi connectivity index (χ0n) is 19.2. The van der Waals surface area contributed by atoms with Crippen molar-refractivity contribution >= 4 is 16.5 Å². The second kappa shape index (κ2) is 5.37. The predicted molar refractivity (Wildman–Crippen MR) is 107 cm³/mol. The summed E-state index contributed by atoms with van der Waals surface area (Å²) in [5.41, 5.74) is 4.55. The van der Waals surface area contributed by atoms with Gasteiger partial charge in [-0.1, -0.05) is 24.3 Å². The van der Waals surface area contributed by atoms with E-state index in [2.05, 4.69) is 39.6 Å². The molecule has 0 amide bonds. The first-order valence-corrected chi connectivity index (χ1v) is 8.95. The van der Waals surface area contributed by atoms with Gasteiger partial charge in [0.15, 0.2) is 0 Å². The lowest BCUT2D eigenvalue weighted by Gasteiger charge is -2.34. The number of benzene rings is 2. The third kappa shape index (κ3) is 1.93. The normalized spacial score (nSPS) is 23.3. The molecule has 2 atom stereocenters. The van der Waals surface area contributed by atoms with Crippen molar-refractivity contribution in [2.24, 2.45) is 0 Å². The van der Waals surface area contributed by atoms with Gasteiger partial charge in [-0.3, -0.25) is 0 Å². The second-order valence-corrected chi connectivity index (χ2v) is 7.07. The highest BCUT2D eigenvalue weighted by Crippen LogP contribution is 2.44. The molecule has 2 aliphatic rings. The van der Waals surface area contributed by atoms with E-state index in [1.807, 2.05) is 31.6 Å². The summed E-state index contributed by atoms with van der Waals surface area (Å²) in [6.45, 7) is 3.10. The Balaban J connectivity index is 1.69. The fourth-order valence-electron chi connectivity index (χ4n) is 4.44. The lowest BCUT2D eigenvalue weighted by molar-refractivity contribution is 0.263. The van der Waals surface area contributed by atoms with Gasteiger partial charge >= 0.3 is 0 Å². The number of aromatic nitrogens is 2. The molecule has 0 radical (unpaired) electrons. The molecule has 4 nitrogen and oxygen atoms in total. The molecule has 1 aromatic heterocycles. The topological polar surface area (TPSA) is 24.3 Å². The molecule has 1 unspecified atom stereocenters. The van der Waals surface area contributed by atoms with Gasteiger partial charge in [0.1, 0.15) is 12.0 Å². The monoisotopic (exact) mass is 348 g/mol. The van der Waals surface area contributed by atoms with Crippen molar-refractivity contribution < 1.29 is 5.48 Å². The Hall–Kier alpha value is -2.75. The van der Waals surface area contributed by atoms with Gasteiger partial charge in [0.05, 0.1) is 12.7 Å². The van der Waals surface area contributed by atoms with Crippen LogP contribution in [0.5, 0.6) is 0 Å². The Kier molecular flexibility index (Phi) is 2.43. The third-order valence-electron chi connectivity index (χ3n) is 5.64. The number of rotatable bonds is 2. The minimum atomic E-state index is -2.43. The molecule has 0 saturated heterocycles. The van der Waals surface area contributed by atoms with Crippen molar-refractivity contribution in [2.45, 2.75) is 46.2 Å². The van der Waals surface area contributed by atoms with Crippen LogP contribution in [0.2, 0.25) is 0 Å². The van der Waals surface area contributed by atoms with Gasteiger partial charge in [-0.05, 0) is 38.6 Å². The molecular weight excluding hydrogens is 320 g/mol. The summed E-state index contributed by atoms with van der Waals surface area (Å²) in [6.07, 6.45) is 7.88. The molecule has 5 rings (SSSR count). The molecule has 3 heterocycles. The van der Waals surface area contributed by atoms with Crippen LogP contribution in [0.25, 0.3) is 16.5 Å². The SMILES string of the molecule is [2H]C([2H])([2H])C([2H])(C)N1C=CN(c2c3c(c4ccccc4c2C)-n2ccnc2C3)[C@H]1C. The van der Waals surface area contributed by atoms with Gasteiger partial charge in [-0.15, -0.1) is 0 Å². The van der Waals surface area contributed by atoms with Crippen molar-refractivity contribution in [2.75, 3.05) is 4.90 Å². The molecule has 2 aliphatic heterocycles. The third-order valence-corrected chi connectivity index (χ3v) is 5.64. The summed E-state index contributed by atoms with van der Waals surface area (Å²) in [5, 5.41) is 2.35. The number of imidazole rings is 1. The largest absolute Gasteiger partial charge is 0.353 e. The van der Waals surface area contributed by atoms with Crippen LogP contribution in [0.3, 0.4) is 0 Å². The van der Waals surface area contributed by atoms with E-state index in [-0.39, 0.29) is 6.17 Å². The van der Waals surface area contributed by atoms with Crippen LogP contribution in [-0.2, 0) is 6.42 Å². The smallest absolute Gasteiger partial charge is 0.117 e. The molecule has 0 saturated carbocycles. The molecule has 0 aliphatic carbocycles. The molecule has 0 spiro atoms. The molecule has 3 aromatic rings. The summed E-state index contributed by atoms with van der Waals surface area (Å²) >= 11 is 0. The fourth-order valence-corrected chi connectivity index (χ4v) is 4.44. The van der Waals surface area contributed by atoms with Crippen LogP contribution in [-0.4, -0.2) is 26.6 Å². The van der Waals surface area contributed by atoms with Crippen LogP contribution in [0.4, 0.5) is 5.69 Å². The molecular formula is C22H24N4. The van der Waals surface area contributed by atoms with E-state index in [1.54, 1.807) is 11.1 Å². The van der Waals surface area contributed by atoms with Crippen LogP contribution in [0.15, 0.2) is 49.1 Å². The summed E-state index contributed by atoms with van der Waals surface area (Å²) in [7, 11) is 0. The first-order chi connectivity index (χ1) is 14.1. The zero-order valence-corrected chi connectivity index (χ0v) is 15.2. The quantitative estimate of drug-likeness (QED) is 0.530. The molecule has 0 fully saturated rings. The Bertz CT molecular complexity index is 1190. The highest BCUT2D eigenvalue weighted by molar-refractivity contribution is 6.00. The van der Waals surface area contributed by atoms with Gasteiger partial charge < -0.3 is 14.4 Å². The predicted octanol–water partition coefficient (Wildman–Crippen LogP) is 4.59. The highest BCUT2D eigenvalue weighted by Gasteiger charge is 2.33. The average Bonchev–Trinajstić information content (AvgIpc) is 3.36. The Morgan fingerprint density at radius 2 is 2.04 bits per heavy atom. The van der Waals surface area contributed by atoms with E-state index in [0.717, 1.165) is 34.6 Å². The minimum Gasteiger partial charge on any atom is -0.353 e. The molecule has 0 N–H and O–H groups in total. The minimum absolute atomic E-state index is 0.301. The van der Waals surface area contributed by atoms with E-state index >= 15 is 0 Å². The van der Waals surface area contributed by atoms with E-state index in [4.69, 9.17) is 5.48 Å². The molecule has 0 bridgehead atoms. The molecule has 4 heteroatoms. The number of fused-ring (bicyclic) bond motifs is 5. The lowest BCUT2D eigenvalue weighted by Crippen LogP contribution is -2.40. The summed E-state index contributed by atoms with van der Waals surface area (Å²) < 4.78 is 34.2. The second-order valence-electron chi connectivity index (χ2n) is 7.07. The van der Waals surface area contributed by atoms with Gasteiger partial charge in [0.25, 0.3) is 0 Å². The van der Waals surface area contributed by atoms with Crippen LogP contribution < -0.4 is 4.90 Å². The van der Waals surface area contributed by atoms with Gasteiger partial charge in [0, 0.05) is 52.3 Å². The number of hydrogen-bond acceptors (Lipinski definition) is 3. The Morgan fingerprint density at radius 1 is 1.23 bits per heavy atom. The van der Waals surface area contributed by atoms with Crippen molar-refractivity contribution in [1.82, 2.24) is 14.5 Å². The molecule has 26 heavy (non-hydrogen) atoms. The maximum Gasteiger partial charge on any atom is 0.117 e. The van der Waals surface area contributed by atoms with Crippen molar-refractivity contribution in [3.8, 4) is 5.69 Å². The highest BCUT2D eigenvalue weighted by atomic mass is 15.4. The summed E-state index contributed by atoms with van der Waals surface area (Å²) in [4.78, 5) is 8.26. The van der Waals surface area contributed by atoms with E-state index in [9.17, 15) is 0 Å². The van der Waals surface area contributed by atoms with Crippen LogP contribution >= 0.6 is 0 Å². The number of nitrogens with zero attached hydrogens (tertiary/aromatic N) is 4. The summed E-state index contributed by atoms with van der Waals surface area (Å²) in [5.74, 6) is 1.00. The number of anilines is 1. The Labute approximate surface area is 160 Å². The van der Waals surface area contributed by atoms with E-state index in [0.29, 0.717) is 0 Å². The fraction of sp³-hybridized carbons (Fsp3) is 0.318. The van der Waals surface area contributed by atoms with Crippen molar-refractivity contribution in [1.29, 1.82) is 0 Å². The standard InChI is InChI=1S/C22H24N4/c1-14(2)24-11-12-25(16(24)4)21-15(3)17-7-5-6-8-18(17)22-19(21)13-20-23-9-10-26(20)22/h5-12,14,16H,13H2,1-4H3/t16-/m0/s1/i1D3,14D/t14?,16-. The van der Waals surface area contributed by atoms with Crippen LogP contribution in [0, 0.1) is 6.92 Å². The maximum absolute atomic E-state index is 8.55. The van der Waals surface area contributed by atoms with Crippen molar-refractivity contribution in [3.63, 3.8) is 0 Å².